The zero-order chi connectivity index (χ0) is 12.1. The third-order valence-electron chi connectivity index (χ3n) is 3.23. The van der Waals surface area contributed by atoms with Gasteiger partial charge in [-0.05, 0) is 24.1 Å². The zero-order valence-corrected chi connectivity index (χ0v) is 11.4. The molecule has 2 rings (SSSR count). The normalized spacial score (nSPS) is 19.2. The van der Waals surface area contributed by atoms with Crippen molar-refractivity contribution >= 4 is 15.9 Å². The molecule has 17 heavy (non-hydrogen) atoms. The Hall–Kier alpha value is -0.450. The first-order valence-corrected chi connectivity index (χ1v) is 6.87. The van der Waals surface area contributed by atoms with Gasteiger partial charge >= 0.3 is 0 Å². The van der Waals surface area contributed by atoms with Gasteiger partial charge in [-0.15, -0.1) is 0 Å². The lowest BCUT2D eigenvalue weighted by atomic mass is 10.0. The highest BCUT2D eigenvalue weighted by atomic mass is 79.9. The van der Waals surface area contributed by atoms with Gasteiger partial charge in [0.15, 0.2) is 0 Å². The number of nitrogens with zero attached hydrogens (tertiary/aromatic N) is 1. The minimum atomic E-state index is -0.259. The molecule has 4 heteroatoms. The van der Waals surface area contributed by atoms with Crippen molar-refractivity contribution in [1.29, 1.82) is 0 Å². The van der Waals surface area contributed by atoms with E-state index in [1.807, 2.05) is 12.1 Å². The fourth-order valence-electron chi connectivity index (χ4n) is 2.34. The van der Waals surface area contributed by atoms with Gasteiger partial charge in [-0.2, -0.15) is 0 Å². The van der Waals surface area contributed by atoms with Crippen LogP contribution >= 0.6 is 15.9 Å². The Morgan fingerprint density at radius 2 is 1.88 bits per heavy atom. The Morgan fingerprint density at radius 3 is 2.47 bits per heavy atom. The van der Waals surface area contributed by atoms with Crippen LogP contribution in [0.2, 0.25) is 0 Å². The standard InChI is InChI=1S/C13H18BrFN2/c14-12-3-1-11(2-4-12)13(5-6-15)17-9-7-16-8-10-17/h1-4,13,16H,5-10H2/t13-/m0/s1. The third-order valence-corrected chi connectivity index (χ3v) is 3.76. The van der Waals surface area contributed by atoms with Gasteiger partial charge in [-0.3, -0.25) is 9.29 Å². The molecule has 1 aromatic carbocycles. The van der Waals surface area contributed by atoms with Crippen molar-refractivity contribution in [2.45, 2.75) is 12.5 Å². The van der Waals surface area contributed by atoms with Gasteiger partial charge in [0.2, 0.25) is 0 Å². The van der Waals surface area contributed by atoms with E-state index in [1.54, 1.807) is 0 Å². The third kappa shape index (κ3) is 3.50. The number of nitrogens with one attached hydrogen (secondary N) is 1. The quantitative estimate of drug-likeness (QED) is 0.920. The topological polar surface area (TPSA) is 15.3 Å². The summed E-state index contributed by atoms with van der Waals surface area (Å²) in [4.78, 5) is 2.37. The van der Waals surface area contributed by atoms with Gasteiger partial charge in [-0.25, -0.2) is 0 Å². The molecule has 1 aromatic rings. The first kappa shape index (κ1) is 13.0. The molecule has 94 valence electrons. The number of piperazine rings is 1. The SMILES string of the molecule is FCC[C@@H](c1ccc(Br)cc1)N1CCNCC1. The molecule has 2 nitrogen and oxygen atoms in total. The second-order valence-corrected chi connectivity index (χ2v) is 5.25. The summed E-state index contributed by atoms with van der Waals surface area (Å²) in [6.07, 6.45) is 0.585. The lowest BCUT2D eigenvalue weighted by Gasteiger charge is -2.34. The summed E-state index contributed by atoms with van der Waals surface area (Å²) >= 11 is 3.43. The molecule has 1 aliphatic heterocycles. The molecular weight excluding hydrogens is 283 g/mol. The Kier molecular flexibility index (Phi) is 4.95. The minimum absolute atomic E-state index is 0.218. The fraction of sp³-hybridized carbons (Fsp3) is 0.538. The Balaban J connectivity index is 2.12. The maximum Gasteiger partial charge on any atom is 0.0912 e. The average Bonchev–Trinajstić information content (AvgIpc) is 2.38. The summed E-state index contributed by atoms with van der Waals surface area (Å²) < 4.78 is 13.8. The summed E-state index contributed by atoms with van der Waals surface area (Å²) in [5.41, 5.74) is 1.22. The van der Waals surface area contributed by atoms with Crippen LogP contribution in [0.1, 0.15) is 18.0 Å². The molecule has 1 saturated heterocycles. The van der Waals surface area contributed by atoms with Crippen LogP contribution in [0.3, 0.4) is 0 Å². The summed E-state index contributed by atoms with van der Waals surface area (Å²) in [6.45, 7) is 3.74. The van der Waals surface area contributed by atoms with Crippen LogP contribution in [0.15, 0.2) is 28.7 Å². The smallest absolute Gasteiger partial charge is 0.0912 e. The number of alkyl halides is 1. The lowest BCUT2D eigenvalue weighted by Crippen LogP contribution is -2.45. The summed E-state index contributed by atoms with van der Waals surface area (Å²) in [5.74, 6) is 0. The van der Waals surface area contributed by atoms with Crippen molar-refractivity contribution in [3.8, 4) is 0 Å². The second-order valence-electron chi connectivity index (χ2n) is 4.33. The molecule has 0 radical (unpaired) electrons. The summed E-state index contributed by atoms with van der Waals surface area (Å²) in [5, 5.41) is 3.33. The predicted octanol–water partition coefficient (Wildman–Crippen LogP) is 2.76. The van der Waals surface area contributed by atoms with Gasteiger partial charge in [-0.1, -0.05) is 28.1 Å². The number of hydrogen-bond donors (Lipinski definition) is 1. The van der Waals surface area contributed by atoms with Gasteiger partial charge in [0.05, 0.1) is 6.67 Å². The Labute approximate surface area is 110 Å². The molecule has 0 bridgehead atoms. The minimum Gasteiger partial charge on any atom is -0.314 e. The van der Waals surface area contributed by atoms with E-state index in [0.717, 1.165) is 30.7 Å². The maximum atomic E-state index is 12.7. The van der Waals surface area contributed by atoms with Crippen LogP contribution in [-0.4, -0.2) is 37.8 Å². The lowest BCUT2D eigenvalue weighted by molar-refractivity contribution is 0.157. The van der Waals surface area contributed by atoms with Crippen molar-refractivity contribution in [3.05, 3.63) is 34.3 Å². The van der Waals surface area contributed by atoms with E-state index in [0.29, 0.717) is 6.42 Å². The highest BCUT2D eigenvalue weighted by Gasteiger charge is 2.21. The zero-order valence-electron chi connectivity index (χ0n) is 9.83. The molecule has 1 N–H and O–H groups in total. The Morgan fingerprint density at radius 1 is 1.24 bits per heavy atom. The van der Waals surface area contributed by atoms with E-state index in [9.17, 15) is 4.39 Å². The van der Waals surface area contributed by atoms with Crippen LogP contribution in [0, 0.1) is 0 Å². The molecule has 0 spiro atoms. The van der Waals surface area contributed by atoms with E-state index in [2.05, 4.69) is 38.3 Å². The van der Waals surface area contributed by atoms with Gasteiger partial charge in [0.1, 0.15) is 0 Å². The van der Waals surface area contributed by atoms with E-state index < -0.39 is 0 Å². The van der Waals surface area contributed by atoms with E-state index in [-0.39, 0.29) is 12.7 Å². The van der Waals surface area contributed by atoms with Gasteiger partial charge < -0.3 is 5.32 Å². The first-order valence-electron chi connectivity index (χ1n) is 6.07. The van der Waals surface area contributed by atoms with Crippen molar-refractivity contribution < 1.29 is 4.39 Å². The van der Waals surface area contributed by atoms with Gasteiger partial charge in [0, 0.05) is 36.7 Å². The number of halogens is 2. The van der Waals surface area contributed by atoms with Crippen molar-refractivity contribution in [2.24, 2.45) is 0 Å². The monoisotopic (exact) mass is 300 g/mol. The number of rotatable bonds is 4. The molecule has 1 fully saturated rings. The van der Waals surface area contributed by atoms with E-state index >= 15 is 0 Å². The molecule has 0 saturated carbocycles. The first-order chi connectivity index (χ1) is 8.31. The molecule has 1 heterocycles. The van der Waals surface area contributed by atoms with Crippen molar-refractivity contribution in [3.63, 3.8) is 0 Å². The van der Waals surface area contributed by atoms with Gasteiger partial charge in [0.25, 0.3) is 0 Å². The number of benzene rings is 1. The largest absolute Gasteiger partial charge is 0.314 e. The predicted molar refractivity (Wildman–Crippen MR) is 71.9 cm³/mol. The van der Waals surface area contributed by atoms with E-state index in [4.69, 9.17) is 0 Å². The second kappa shape index (κ2) is 6.47. The molecule has 1 aliphatic rings. The highest BCUT2D eigenvalue weighted by molar-refractivity contribution is 9.10. The summed E-state index contributed by atoms with van der Waals surface area (Å²) in [6, 6.07) is 8.46. The fourth-order valence-corrected chi connectivity index (χ4v) is 2.61. The van der Waals surface area contributed by atoms with Crippen LogP contribution in [0.4, 0.5) is 4.39 Å². The highest BCUT2D eigenvalue weighted by Crippen LogP contribution is 2.26. The van der Waals surface area contributed by atoms with Crippen LogP contribution in [-0.2, 0) is 0 Å². The van der Waals surface area contributed by atoms with Crippen LogP contribution in [0.25, 0.3) is 0 Å². The maximum absolute atomic E-state index is 12.7. The van der Waals surface area contributed by atoms with Crippen LogP contribution < -0.4 is 5.32 Å². The average molecular weight is 301 g/mol. The molecule has 0 amide bonds. The van der Waals surface area contributed by atoms with Crippen molar-refractivity contribution in [2.75, 3.05) is 32.9 Å². The summed E-state index contributed by atoms with van der Waals surface area (Å²) in [7, 11) is 0. The molecule has 0 aromatic heterocycles. The Bertz CT molecular complexity index is 336. The van der Waals surface area contributed by atoms with Crippen molar-refractivity contribution in [1.82, 2.24) is 10.2 Å². The van der Waals surface area contributed by atoms with E-state index in [1.165, 1.54) is 5.56 Å². The number of hydrogen-bond acceptors (Lipinski definition) is 2. The molecule has 0 aliphatic carbocycles. The van der Waals surface area contributed by atoms with Crippen LogP contribution in [0.5, 0.6) is 0 Å². The molecule has 1 atom stereocenters. The molecule has 0 unspecified atom stereocenters. The molecular formula is C13H18BrFN2.